The van der Waals surface area contributed by atoms with Crippen molar-refractivity contribution in [3.8, 4) is 0 Å². The molecule has 1 amide bonds. The Hall–Kier alpha value is -0.790. The zero-order chi connectivity index (χ0) is 11.7. The molecule has 0 unspecified atom stereocenters. The van der Waals surface area contributed by atoms with E-state index in [1.54, 1.807) is 6.08 Å². The van der Waals surface area contributed by atoms with Crippen LogP contribution in [0.25, 0.3) is 0 Å². The summed E-state index contributed by atoms with van der Waals surface area (Å²) in [5, 5.41) is 0. The van der Waals surface area contributed by atoms with Crippen LogP contribution in [0.1, 0.15) is 53.4 Å². The molecule has 88 valence electrons. The molecule has 0 saturated carbocycles. The maximum atomic E-state index is 11.8. The number of carbonyl (C=O) groups excluding carboxylic acids is 1. The molecular weight excluding hydrogens is 186 g/mol. The summed E-state index contributed by atoms with van der Waals surface area (Å²) in [4.78, 5) is 13.8. The van der Waals surface area contributed by atoms with Crippen LogP contribution >= 0.6 is 0 Å². The molecule has 0 fully saturated rings. The molecule has 0 aromatic carbocycles. The maximum absolute atomic E-state index is 11.8. The van der Waals surface area contributed by atoms with Crippen molar-refractivity contribution in [2.24, 2.45) is 0 Å². The van der Waals surface area contributed by atoms with Crippen molar-refractivity contribution in [2.45, 2.75) is 53.4 Å². The molecule has 0 radical (unpaired) electrons. The van der Waals surface area contributed by atoms with E-state index < -0.39 is 0 Å². The number of nitrogens with zero attached hydrogens (tertiary/aromatic N) is 1. The van der Waals surface area contributed by atoms with Gasteiger partial charge in [0.1, 0.15) is 0 Å². The molecule has 15 heavy (non-hydrogen) atoms. The molecule has 0 aromatic heterocycles. The fourth-order valence-corrected chi connectivity index (χ4v) is 1.37. The topological polar surface area (TPSA) is 20.3 Å². The Bertz CT molecular complexity index is 197. The lowest BCUT2D eigenvalue weighted by atomic mass is 10.2. The molecule has 0 aliphatic carbocycles. The minimum Gasteiger partial charge on any atom is -0.339 e. The number of unbranched alkanes of at least 4 members (excludes halogenated alkanes) is 2. The van der Waals surface area contributed by atoms with Gasteiger partial charge in [-0.15, -0.1) is 0 Å². The predicted molar refractivity (Wildman–Crippen MR) is 65.8 cm³/mol. The highest BCUT2D eigenvalue weighted by Crippen LogP contribution is 2.02. The van der Waals surface area contributed by atoms with Crippen molar-refractivity contribution in [1.82, 2.24) is 4.90 Å². The third-order valence-electron chi connectivity index (χ3n) is 2.29. The van der Waals surface area contributed by atoms with Crippen LogP contribution in [-0.2, 0) is 4.79 Å². The number of carbonyl (C=O) groups is 1. The second kappa shape index (κ2) is 8.51. The molecular formula is C13H25NO. The first kappa shape index (κ1) is 14.2. The minimum absolute atomic E-state index is 0.178. The van der Waals surface area contributed by atoms with Gasteiger partial charge in [-0.25, -0.2) is 0 Å². The Morgan fingerprint density at radius 3 is 1.87 bits per heavy atom. The van der Waals surface area contributed by atoms with Crippen LogP contribution in [0.3, 0.4) is 0 Å². The van der Waals surface area contributed by atoms with Crippen LogP contribution < -0.4 is 0 Å². The van der Waals surface area contributed by atoms with Gasteiger partial charge in [0.2, 0.25) is 5.91 Å². The van der Waals surface area contributed by atoms with Gasteiger partial charge in [-0.05, 0) is 26.7 Å². The van der Waals surface area contributed by atoms with E-state index in [9.17, 15) is 4.79 Å². The van der Waals surface area contributed by atoms with Gasteiger partial charge >= 0.3 is 0 Å². The molecule has 0 N–H and O–H groups in total. The fourth-order valence-electron chi connectivity index (χ4n) is 1.37. The van der Waals surface area contributed by atoms with Gasteiger partial charge in [-0.2, -0.15) is 0 Å². The van der Waals surface area contributed by atoms with Crippen molar-refractivity contribution in [1.29, 1.82) is 0 Å². The van der Waals surface area contributed by atoms with Gasteiger partial charge in [-0.1, -0.05) is 32.3 Å². The monoisotopic (exact) mass is 211 g/mol. The molecule has 0 rings (SSSR count). The van der Waals surface area contributed by atoms with Gasteiger partial charge in [0.05, 0.1) is 0 Å². The summed E-state index contributed by atoms with van der Waals surface area (Å²) in [7, 11) is 0. The smallest absolute Gasteiger partial charge is 0.246 e. The minimum atomic E-state index is 0.178. The van der Waals surface area contributed by atoms with E-state index in [1.165, 1.54) is 0 Å². The Kier molecular flexibility index (Phi) is 8.06. The maximum Gasteiger partial charge on any atom is 0.246 e. The first-order valence-electron chi connectivity index (χ1n) is 6.05. The van der Waals surface area contributed by atoms with E-state index in [0.717, 1.165) is 44.3 Å². The van der Waals surface area contributed by atoms with E-state index in [0.29, 0.717) is 0 Å². The SMILES string of the molecule is CCCCN(CCCC)C(=O)C=C(C)C. The number of allylic oxidation sites excluding steroid dienone is 1. The van der Waals surface area contributed by atoms with Crippen molar-refractivity contribution in [2.75, 3.05) is 13.1 Å². The van der Waals surface area contributed by atoms with Crippen LogP contribution in [0.15, 0.2) is 11.6 Å². The molecule has 2 heteroatoms. The average molecular weight is 211 g/mol. The highest BCUT2D eigenvalue weighted by molar-refractivity contribution is 5.88. The van der Waals surface area contributed by atoms with Crippen LogP contribution in [0, 0.1) is 0 Å². The van der Waals surface area contributed by atoms with E-state index in [1.807, 2.05) is 18.7 Å². The summed E-state index contributed by atoms with van der Waals surface area (Å²) < 4.78 is 0. The van der Waals surface area contributed by atoms with Crippen LogP contribution in [0.2, 0.25) is 0 Å². The molecule has 0 spiro atoms. The lowest BCUT2D eigenvalue weighted by molar-refractivity contribution is -0.126. The van der Waals surface area contributed by atoms with Crippen LogP contribution in [0.5, 0.6) is 0 Å². The summed E-state index contributed by atoms with van der Waals surface area (Å²) in [5.74, 6) is 0.178. The Balaban J connectivity index is 4.20. The molecule has 0 atom stereocenters. The first-order chi connectivity index (χ1) is 7.11. The first-order valence-corrected chi connectivity index (χ1v) is 6.05. The van der Waals surface area contributed by atoms with Crippen LogP contribution in [-0.4, -0.2) is 23.9 Å². The lowest BCUT2D eigenvalue weighted by Gasteiger charge is -2.20. The highest BCUT2D eigenvalue weighted by Gasteiger charge is 2.09. The van der Waals surface area contributed by atoms with Gasteiger partial charge in [0, 0.05) is 19.2 Å². The lowest BCUT2D eigenvalue weighted by Crippen LogP contribution is -2.31. The van der Waals surface area contributed by atoms with Gasteiger partial charge < -0.3 is 4.90 Å². The predicted octanol–water partition coefficient (Wildman–Crippen LogP) is 3.38. The molecule has 0 bridgehead atoms. The summed E-state index contributed by atoms with van der Waals surface area (Å²) in [5.41, 5.74) is 1.08. The quantitative estimate of drug-likeness (QED) is 0.591. The normalized spacial score (nSPS) is 9.87. The Morgan fingerprint density at radius 1 is 1.07 bits per heavy atom. The van der Waals surface area contributed by atoms with Crippen molar-refractivity contribution in [3.63, 3.8) is 0 Å². The zero-order valence-electron chi connectivity index (χ0n) is 10.7. The average Bonchev–Trinajstić information content (AvgIpc) is 2.17. The van der Waals surface area contributed by atoms with Gasteiger partial charge in [-0.3, -0.25) is 4.79 Å². The standard InChI is InChI=1S/C13H25NO/c1-5-7-9-14(10-8-6-2)13(15)11-12(3)4/h11H,5-10H2,1-4H3. The largest absolute Gasteiger partial charge is 0.339 e. The summed E-state index contributed by atoms with van der Waals surface area (Å²) in [6, 6.07) is 0. The fraction of sp³-hybridized carbons (Fsp3) is 0.769. The third-order valence-corrected chi connectivity index (χ3v) is 2.29. The van der Waals surface area contributed by atoms with Crippen LogP contribution in [0.4, 0.5) is 0 Å². The molecule has 0 saturated heterocycles. The van der Waals surface area contributed by atoms with Gasteiger partial charge in [0.15, 0.2) is 0 Å². The molecule has 2 nitrogen and oxygen atoms in total. The van der Waals surface area contributed by atoms with E-state index in [2.05, 4.69) is 13.8 Å². The number of rotatable bonds is 7. The molecule has 0 heterocycles. The molecule has 0 aliphatic rings. The Labute approximate surface area is 94.4 Å². The summed E-state index contributed by atoms with van der Waals surface area (Å²) in [6.07, 6.45) is 6.24. The second-order valence-corrected chi connectivity index (χ2v) is 4.25. The van der Waals surface area contributed by atoms with Gasteiger partial charge in [0.25, 0.3) is 0 Å². The number of hydrogen-bond acceptors (Lipinski definition) is 1. The summed E-state index contributed by atoms with van der Waals surface area (Å²) >= 11 is 0. The van der Waals surface area contributed by atoms with Crippen molar-refractivity contribution in [3.05, 3.63) is 11.6 Å². The van der Waals surface area contributed by atoms with E-state index in [-0.39, 0.29) is 5.91 Å². The third kappa shape index (κ3) is 7.18. The number of hydrogen-bond donors (Lipinski definition) is 0. The summed E-state index contributed by atoms with van der Waals surface area (Å²) in [6.45, 7) is 10.1. The number of amides is 1. The highest BCUT2D eigenvalue weighted by atomic mass is 16.2. The zero-order valence-corrected chi connectivity index (χ0v) is 10.7. The Morgan fingerprint density at radius 2 is 1.53 bits per heavy atom. The second-order valence-electron chi connectivity index (χ2n) is 4.25. The van der Waals surface area contributed by atoms with E-state index >= 15 is 0 Å². The van der Waals surface area contributed by atoms with E-state index in [4.69, 9.17) is 0 Å². The van der Waals surface area contributed by atoms with Crippen molar-refractivity contribution >= 4 is 5.91 Å². The van der Waals surface area contributed by atoms with Crippen molar-refractivity contribution < 1.29 is 4.79 Å². The molecule has 0 aromatic rings. The molecule has 0 aliphatic heterocycles.